The second-order valence-corrected chi connectivity index (χ2v) is 6.71. The Balaban J connectivity index is 1.62. The highest BCUT2D eigenvalue weighted by molar-refractivity contribution is 5.92. The molecule has 0 unspecified atom stereocenters. The third kappa shape index (κ3) is 6.05. The Labute approximate surface area is 159 Å². The molecule has 1 heterocycles. The summed E-state index contributed by atoms with van der Waals surface area (Å²) in [6.07, 6.45) is 2.23. The zero-order valence-corrected chi connectivity index (χ0v) is 15.5. The average Bonchev–Trinajstić information content (AvgIpc) is 3.17. The Morgan fingerprint density at radius 2 is 1.96 bits per heavy atom. The lowest BCUT2D eigenvalue weighted by Gasteiger charge is -2.25. The van der Waals surface area contributed by atoms with Crippen molar-refractivity contribution in [1.29, 1.82) is 0 Å². The number of anilines is 1. The van der Waals surface area contributed by atoms with Crippen LogP contribution in [0.25, 0.3) is 0 Å². The lowest BCUT2D eigenvalue weighted by Crippen LogP contribution is -2.37. The number of benzene rings is 2. The van der Waals surface area contributed by atoms with Gasteiger partial charge < -0.3 is 14.8 Å². The van der Waals surface area contributed by atoms with E-state index in [1.54, 1.807) is 19.2 Å². The fraction of sp³-hybridized carbons (Fsp3) is 0.381. The fourth-order valence-electron chi connectivity index (χ4n) is 3.19. The maximum Gasteiger partial charge on any atom is 0.238 e. The molecule has 144 valence electrons. The quantitative estimate of drug-likeness (QED) is 0.771. The molecule has 0 aliphatic carbocycles. The Kier molecular flexibility index (Phi) is 6.79. The van der Waals surface area contributed by atoms with Gasteiger partial charge in [0.1, 0.15) is 11.6 Å². The summed E-state index contributed by atoms with van der Waals surface area (Å²) in [5.41, 5.74) is 1.69. The van der Waals surface area contributed by atoms with Gasteiger partial charge in [0.15, 0.2) is 0 Å². The smallest absolute Gasteiger partial charge is 0.238 e. The number of nitrogens with zero attached hydrogens (tertiary/aromatic N) is 1. The minimum Gasteiger partial charge on any atom is -0.497 e. The van der Waals surface area contributed by atoms with Gasteiger partial charge >= 0.3 is 0 Å². The molecule has 0 aromatic heterocycles. The summed E-state index contributed by atoms with van der Waals surface area (Å²) < 4.78 is 23.9. The number of carbonyl (C=O) groups is 1. The van der Waals surface area contributed by atoms with Crippen LogP contribution < -0.4 is 10.1 Å². The highest BCUT2D eigenvalue weighted by Crippen LogP contribution is 2.17. The number of methoxy groups -OCH3 is 1. The second-order valence-electron chi connectivity index (χ2n) is 6.71. The van der Waals surface area contributed by atoms with Crippen molar-refractivity contribution in [3.05, 3.63) is 59.9 Å². The molecular weight excluding hydrogens is 347 g/mol. The molecule has 1 aliphatic heterocycles. The topological polar surface area (TPSA) is 50.8 Å². The van der Waals surface area contributed by atoms with Crippen molar-refractivity contribution in [2.24, 2.45) is 0 Å². The lowest BCUT2D eigenvalue weighted by atomic mass is 10.1. The number of halogens is 1. The van der Waals surface area contributed by atoms with Gasteiger partial charge in [-0.15, -0.1) is 0 Å². The van der Waals surface area contributed by atoms with Crippen LogP contribution in [0, 0.1) is 5.82 Å². The van der Waals surface area contributed by atoms with Crippen molar-refractivity contribution in [3.63, 3.8) is 0 Å². The maximum atomic E-state index is 13.0. The van der Waals surface area contributed by atoms with Crippen LogP contribution in [0.1, 0.15) is 18.4 Å². The number of carbonyl (C=O) groups excluding carboxylic acids is 1. The largest absolute Gasteiger partial charge is 0.497 e. The van der Waals surface area contributed by atoms with Crippen molar-refractivity contribution < 1.29 is 18.7 Å². The van der Waals surface area contributed by atoms with Crippen molar-refractivity contribution in [2.75, 3.05) is 32.1 Å². The zero-order valence-electron chi connectivity index (χ0n) is 15.5. The molecule has 6 heteroatoms. The average molecular weight is 372 g/mol. The number of hydrogen-bond donors (Lipinski definition) is 1. The molecule has 3 rings (SSSR count). The Bertz CT molecular complexity index is 728. The lowest BCUT2D eigenvalue weighted by molar-refractivity contribution is -0.117. The van der Waals surface area contributed by atoms with Gasteiger partial charge in [-0.2, -0.15) is 0 Å². The maximum absolute atomic E-state index is 13.0. The summed E-state index contributed by atoms with van der Waals surface area (Å²) in [5.74, 6) is 0.346. The molecule has 0 spiro atoms. The first-order chi connectivity index (χ1) is 13.1. The third-order valence-corrected chi connectivity index (χ3v) is 4.55. The standard InChI is InChI=1S/C21H25FN2O3/c1-26-19-10-4-16(5-11-19)13-24(14-20-3-2-12-27-20)15-21(25)23-18-8-6-17(22)7-9-18/h4-11,20H,2-3,12-15H2,1H3,(H,23,25)/t20-/m0/s1. The zero-order chi connectivity index (χ0) is 19.1. The number of nitrogens with one attached hydrogen (secondary N) is 1. The summed E-state index contributed by atoms with van der Waals surface area (Å²) in [5, 5.41) is 2.82. The van der Waals surface area contributed by atoms with Crippen LogP contribution in [0.15, 0.2) is 48.5 Å². The normalized spacial score (nSPS) is 16.5. The van der Waals surface area contributed by atoms with E-state index in [0.717, 1.165) is 30.8 Å². The molecule has 0 saturated carbocycles. The number of rotatable bonds is 8. The molecule has 1 amide bonds. The van der Waals surface area contributed by atoms with Crippen LogP contribution in [-0.2, 0) is 16.1 Å². The van der Waals surface area contributed by atoms with E-state index in [1.807, 2.05) is 24.3 Å². The van der Waals surface area contributed by atoms with Crippen molar-refractivity contribution in [2.45, 2.75) is 25.5 Å². The summed E-state index contributed by atoms with van der Waals surface area (Å²) >= 11 is 0. The molecule has 5 nitrogen and oxygen atoms in total. The van der Waals surface area contributed by atoms with Crippen LogP contribution in [0.3, 0.4) is 0 Å². The van der Waals surface area contributed by atoms with Gasteiger partial charge in [0.2, 0.25) is 5.91 Å². The summed E-state index contributed by atoms with van der Waals surface area (Å²) in [6, 6.07) is 13.6. The third-order valence-electron chi connectivity index (χ3n) is 4.55. The molecule has 1 fully saturated rings. The molecule has 2 aromatic carbocycles. The first-order valence-electron chi connectivity index (χ1n) is 9.14. The Hall–Kier alpha value is -2.44. The van der Waals surface area contributed by atoms with Crippen LogP contribution in [0.2, 0.25) is 0 Å². The van der Waals surface area contributed by atoms with E-state index < -0.39 is 0 Å². The summed E-state index contributed by atoms with van der Waals surface area (Å²) in [7, 11) is 1.64. The molecule has 1 saturated heterocycles. The van der Waals surface area contributed by atoms with Crippen molar-refractivity contribution >= 4 is 11.6 Å². The van der Waals surface area contributed by atoms with Crippen LogP contribution in [0.4, 0.5) is 10.1 Å². The first kappa shape index (κ1) is 19.3. The Morgan fingerprint density at radius 3 is 2.59 bits per heavy atom. The van der Waals surface area contributed by atoms with Crippen molar-refractivity contribution in [1.82, 2.24) is 4.90 Å². The van der Waals surface area contributed by atoms with E-state index in [9.17, 15) is 9.18 Å². The monoisotopic (exact) mass is 372 g/mol. The highest BCUT2D eigenvalue weighted by Gasteiger charge is 2.21. The van der Waals surface area contributed by atoms with Gasteiger partial charge in [0.05, 0.1) is 19.8 Å². The molecule has 1 aliphatic rings. The minimum atomic E-state index is -0.326. The molecule has 1 atom stereocenters. The van der Waals surface area contributed by atoms with Gasteiger partial charge in [0.25, 0.3) is 0 Å². The number of ether oxygens (including phenoxy) is 2. The molecule has 0 radical (unpaired) electrons. The molecule has 27 heavy (non-hydrogen) atoms. The van der Waals surface area contributed by atoms with Gasteiger partial charge in [-0.3, -0.25) is 9.69 Å². The first-order valence-corrected chi connectivity index (χ1v) is 9.14. The minimum absolute atomic E-state index is 0.131. The molecule has 0 bridgehead atoms. The molecular formula is C21H25FN2O3. The van der Waals surface area contributed by atoms with Crippen LogP contribution in [0.5, 0.6) is 5.75 Å². The summed E-state index contributed by atoms with van der Waals surface area (Å²) in [4.78, 5) is 14.5. The van der Waals surface area contributed by atoms with E-state index in [4.69, 9.17) is 9.47 Å². The van der Waals surface area contributed by atoms with E-state index in [-0.39, 0.29) is 24.4 Å². The summed E-state index contributed by atoms with van der Waals surface area (Å²) in [6.45, 7) is 2.36. The second kappa shape index (κ2) is 9.48. The fourth-order valence-corrected chi connectivity index (χ4v) is 3.19. The van der Waals surface area contributed by atoms with E-state index in [1.165, 1.54) is 12.1 Å². The Morgan fingerprint density at radius 1 is 1.22 bits per heavy atom. The van der Waals surface area contributed by atoms with Gasteiger partial charge in [0, 0.05) is 25.4 Å². The van der Waals surface area contributed by atoms with Crippen LogP contribution in [-0.4, -0.2) is 43.7 Å². The SMILES string of the molecule is COc1ccc(CN(CC(=O)Nc2ccc(F)cc2)C[C@@H]2CCCO2)cc1. The number of amides is 1. The predicted octanol–water partition coefficient (Wildman–Crippen LogP) is 3.45. The van der Waals surface area contributed by atoms with E-state index in [2.05, 4.69) is 10.2 Å². The van der Waals surface area contributed by atoms with Gasteiger partial charge in [-0.05, 0) is 54.8 Å². The molecule has 2 aromatic rings. The number of hydrogen-bond acceptors (Lipinski definition) is 4. The van der Waals surface area contributed by atoms with Crippen LogP contribution >= 0.6 is 0 Å². The molecule has 1 N–H and O–H groups in total. The van der Waals surface area contributed by atoms with Gasteiger partial charge in [-0.1, -0.05) is 12.1 Å². The van der Waals surface area contributed by atoms with E-state index >= 15 is 0 Å². The van der Waals surface area contributed by atoms with Gasteiger partial charge in [-0.25, -0.2) is 4.39 Å². The highest BCUT2D eigenvalue weighted by atomic mass is 19.1. The van der Waals surface area contributed by atoms with Crippen molar-refractivity contribution in [3.8, 4) is 5.75 Å². The predicted molar refractivity (Wildman–Crippen MR) is 102 cm³/mol. The van der Waals surface area contributed by atoms with E-state index in [0.29, 0.717) is 18.8 Å².